The molecule has 0 amide bonds. The largest absolute Gasteiger partial charge is 0.493 e. The lowest BCUT2D eigenvalue weighted by atomic mass is 10.0. The van der Waals surface area contributed by atoms with Gasteiger partial charge >= 0.3 is 0 Å². The number of ether oxygens (including phenoxy) is 3. The van der Waals surface area contributed by atoms with Crippen LogP contribution in [0.25, 0.3) is 0 Å². The predicted molar refractivity (Wildman–Crippen MR) is 63.6 cm³/mol. The van der Waals surface area contributed by atoms with Crippen LogP contribution in [0, 0.1) is 0 Å². The summed E-state index contributed by atoms with van der Waals surface area (Å²) >= 11 is 0. The topological polar surface area (TPSA) is 47.9 Å². The fraction of sp³-hybridized carbons (Fsp3) is 0.538. The van der Waals surface area contributed by atoms with Crippen molar-refractivity contribution in [1.82, 2.24) is 0 Å². The first-order valence-electron chi connectivity index (χ1n) is 5.91. The minimum Gasteiger partial charge on any atom is -0.493 e. The monoisotopic (exact) mass is 238 g/mol. The van der Waals surface area contributed by atoms with E-state index in [1.54, 1.807) is 7.11 Å². The van der Waals surface area contributed by atoms with Crippen molar-refractivity contribution in [3.05, 3.63) is 17.7 Å². The molecule has 1 aromatic carbocycles. The van der Waals surface area contributed by atoms with Crippen molar-refractivity contribution in [3.63, 3.8) is 0 Å². The van der Waals surface area contributed by atoms with Crippen LogP contribution in [0.5, 0.6) is 17.2 Å². The number of rotatable bonds is 5. The highest BCUT2D eigenvalue weighted by Crippen LogP contribution is 2.43. The van der Waals surface area contributed by atoms with E-state index >= 15 is 0 Å². The van der Waals surface area contributed by atoms with Gasteiger partial charge in [-0.1, -0.05) is 19.8 Å². The Kier molecular flexibility index (Phi) is 3.74. The molecule has 94 valence electrons. The minimum absolute atomic E-state index is 0.209. The molecule has 1 atom stereocenters. The molecular formula is C13H18O4. The molecule has 0 aromatic heterocycles. The van der Waals surface area contributed by atoms with Gasteiger partial charge in [0.2, 0.25) is 12.5 Å². The molecule has 1 N–H and O–H groups in total. The van der Waals surface area contributed by atoms with Gasteiger partial charge in [0, 0.05) is 0 Å². The molecule has 1 aromatic rings. The van der Waals surface area contributed by atoms with Crippen LogP contribution in [0.4, 0.5) is 0 Å². The van der Waals surface area contributed by atoms with Crippen molar-refractivity contribution in [1.29, 1.82) is 0 Å². The minimum atomic E-state index is -0.474. The van der Waals surface area contributed by atoms with Gasteiger partial charge in [-0.25, -0.2) is 0 Å². The van der Waals surface area contributed by atoms with Crippen LogP contribution in [-0.4, -0.2) is 19.0 Å². The van der Waals surface area contributed by atoms with Crippen molar-refractivity contribution < 1.29 is 19.3 Å². The van der Waals surface area contributed by atoms with Crippen molar-refractivity contribution >= 4 is 0 Å². The summed E-state index contributed by atoms with van der Waals surface area (Å²) in [5, 5.41) is 10.1. The molecule has 4 heteroatoms. The van der Waals surface area contributed by atoms with E-state index in [4.69, 9.17) is 14.2 Å². The Labute approximate surface area is 101 Å². The van der Waals surface area contributed by atoms with E-state index in [-0.39, 0.29) is 6.79 Å². The lowest BCUT2D eigenvalue weighted by Crippen LogP contribution is -1.98. The number of unbranched alkanes of at least 4 members (excludes halogenated alkanes) is 1. The highest BCUT2D eigenvalue weighted by atomic mass is 16.7. The third-order valence-corrected chi connectivity index (χ3v) is 2.90. The number of hydrogen-bond acceptors (Lipinski definition) is 4. The van der Waals surface area contributed by atoms with Gasteiger partial charge in [-0.05, 0) is 24.1 Å². The van der Waals surface area contributed by atoms with Gasteiger partial charge in [-0.15, -0.1) is 0 Å². The summed E-state index contributed by atoms with van der Waals surface area (Å²) in [6, 6.07) is 3.64. The molecule has 0 bridgehead atoms. The molecule has 0 fully saturated rings. The molecule has 1 heterocycles. The molecule has 0 saturated heterocycles. The van der Waals surface area contributed by atoms with E-state index in [0.29, 0.717) is 17.2 Å². The van der Waals surface area contributed by atoms with Crippen molar-refractivity contribution in [2.24, 2.45) is 0 Å². The second kappa shape index (κ2) is 5.27. The van der Waals surface area contributed by atoms with Gasteiger partial charge in [0.15, 0.2) is 11.5 Å². The Bertz CT molecular complexity index is 389. The Morgan fingerprint density at radius 1 is 1.41 bits per heavy atom. The summed E-state index contributed by atoms with van der Waals surface area (Å²) in [4.78, 5) is 0. The highest BCUT2D eigenvalue weighted by Gasteiger charge is 2.22. The molecule has 2 rings (SSSR count). The molecule has 4 nitrogen and oxygen atoms in total. The van der Waals surface area contributed by atoms with Gasteiger partial charge in [0.05, 0.1) is 13.2 Å². The molecule has 0 radical (unpaired) electrons. The Morgan fingerprint density at radius 3 is 2.94 bits per heavy atom. The van der Waals surface area contributed by atoms with E-state index in [1.165, 1.54) is 0 Å². The SMILES string of the molecule is CCCCC(O)c1cc(OC)c2c(c1)OCO2. The fourth-order valence-corrected chi connectivity index (χ4v) is 1.91. The van der Waals surface area contributed by atoms with Crippen LogP contribution in [0.2, 0.25) is 0 Å². The van der Waals surface area contributed by atoms with E-state index in [1.807, 2.05) is 12.1 Å². The average Bonchev–Trinajstić information content (AvgIpc) is 2.82. The van der Waals surface area contributed by atoms with Gasteiger partial charge in [0.1, 0.15) is 0 Å². The molecule has 1 aliphatic rings. The third-order valence-electron chi connectivity index (χ3n) is 2.90. The van der Waals surface area contributed by atoms with E-state index in [0.717, 1.165) is 24.8 Å². The first-order valence-corrected chi connectivity index (χ1v) is 5.91. The molecule has 0 aliphatic carbocycles. The van der Waals surface area contributed by atoms with Gasteiger partial charge in [0.25, 0.3) is 0 Å². The maximum atomic E-state index is 10.1. The number of aliphatic hydroxyl groups excluding tert-OH is 1. The third kappa shape index (κ3) is 2.47. The quantitative estimate of drug-likeness (QED) is 0.856. The lowest BCUT2D eigenvalue weighted by molar-refractivity contribution is 0.162. The van der Waals surface area contributed by atoms with Crippen molar-refractivity contribution in [2.45, 2.75) is 32.3 Å². The zero-order valence-corrected chi connectivity index (χ0v) is 10.2. The molecule has 1 aliphatic heterocycles. The number of fused-ring (bicyclic) bond motifs is 1. The molecule has 0 spiro atoms. The molecular weight excluding hydrogens is 220 g/mol. The number of aliphatic hydroxyl groups is 1. The predicted octanol–water partition coefficient (Wildman–Crippen LogP) is 2.65. The first-order chi connectivity index (χ1) is 8.26. The van der Waals surface area contributed by atoms with Gasteiger partial charge < -0.3 is 19.3 Å². The normalized spacial score (nSPS) is 14.8. The van der Waals surface area contributed by atoms with Crippen molar-refractivity contribution in [2.75, 3.05) is 13.9 Å². The van der Waals surface area contributed by atoms with Crippen LogP contribution in [0.3, 0.4) is 0 Å². The van der Waals surface area contributed by atoms with Crippen LogP contribution in [0.15, 0.2) is 12.1 Å². The van der Waals surface area contributed by atoms with Crippen LogP contribution in [0.1, 0.15) is 37.9 Å². The summed E-state index contributed by atoms with van der Waals surface area (Å²) < 4.78 is 15.9. The summed E-state index contributed by atoms with van der Waals surface area (Å²) in [6.07, 6.45) is 2.34. The van der Waals surface area contributed by atoms with Gasteiger partial charge in [-0.3, -0.25) is 0 Å². The average molecular weight is 238 g/mol. The lowest BCUT2D eigenvalue weighted by Gasteiger charge is -2.13. The number of hydrogen-bond donors (Lipinski definition) is 1. The Morgan fingerprint density at radius 2 is 2.24 bits per heavy atom. The highest BCUT2D eigenvalue weighted by molar-refractivity contribution is 5.55. The zero-order chi connectivity index (χ0) is 12.3. The van der Waals surface area contributed by atoms with E-state index < -0.39 is 6.10 Å². The van der Waals surface area contributed by atoms with E-state index in [9.17, 15) is 5.11 Å². The number of benzene rings is 1. The summed E-state index contributed by atoms with van der Waals surface area (Å²) in [6.45, 7) is 2.31. The molecule has 1 unspecified atom stereocenters. The molecule has 17 heavy (non-hydrogen) atoms. The van der Waals surface area contributed by atoms with Crippen LogP contribution >= 0.6 is 0 Å². The van der Waals surface area contributed by atoms with E-state index in [2.05, 4.69) is 6.92 Å². The van der Waals surface area contributed by atoms with Crippen LogP contribution in [-0.2, 0) is 0 Å². The maximum Gasteiger partial charge on any atom is 0.231 e. The zero-order valence-electron chi connectivity index (χ0n) is 10.2. The second-order valence-electron chi connectivity index (χ2n) is 4.11. The Balaban J connectivity index is 2.23. The summed E-state index contributed by atoms with van der Waals surface area (Å²) in [5.41, 5.74) is 0.819. The van der Waals surface area contributed by atoms with Crippen molar-refractivity contribution in [3.8, 4) is 17.2 Å². The number of methoxy groups -OCH3 is 1. The standard InChI is InChI=1S/C13H18O4/c1-3-4-5-10(14)9-6-11(15-2)13-12(7-9)16-8-17-13/h6-7,10,14H,3-5,8H2,1-2H3. The summed E-state index contributed by atoms with van der Waals surface area (Å²) in [5.74, 6) is 1.89. The smallest absolute Gasteiger partial charge is 0.231 e. The second-order valence-corrected chi connectivity index (χ2v) is 4.11. The molecule has 0 saturated carbocycles. The first kappa shape index (κ1) is 12.0. The van der Waals surface area contributed by atoms with Crippen LogP contribution < -0.4 is 14.2 Å². The maximum absolute atomic E-state index is 10.1. The fourth-order valence-electron chi connectivity index (χ4n) is 1.91. The Hall–Kier alpha value is -1.42. The summed E-state index contributed by atoms with van der Waals surface area (Å²) in [7, 11) is 1.58. The van der Waals surface area contributed by atoms with Gasteiger partial charge in [-0.2, -0.15) is 0 Å².